The van der Waals surface area contributed by atoms with Gasteiger partial charge in [-0.15, -0.1) is 0 Å². The first-order chi connectivity index (χ1) is 5.94. The first-order valence-electron chi connectivity index (χ1n) is 3.46. The molecule has 0 aliphatic carbocycles. The second-order valence-corrected chi connectivity index (χ2v) is 5.85. The Morgan fingerprint density at radius 1 is 1.31 bits per heavy atom. The maximum Gasteiger partial charge on any atom is 0.277 e. The Morgan fingerprint density at radius 3 is 1.77 bits per heavy atom. The van der Waals surface area contributed by atoms with Crippen LogP contribution in [0, 0.1) is 0 Å². The van der Waals surface area contributed by atoms with Crippen LogP contribution in [0.25, 0.3) is 0 Å². The Morgan fingerprint density at radius 2 is 1.69 bits per heavy atom. The van der Waals surface area contributed by atoms with Crippen LogP contribution in [0.2, 0.25) is 0 Å². The molecule has 13 heavy (non-hydrogen) atoms. The normalized spacial score (nSPS) is 12.5. The van der Waals surface area contributed by atoms with E-state index in [2.05, 4.69) is 20.9 Å². The van der Waals surface area contributed by atoms with E-state index >= 15 is 0 Å². The summed E-state index contributed by atoms with van der Waals surface area (Å²) in [6, 6.07) is 5.86. The summed E-state index contributed by atoms with van der Waals surface area (Å²) in [5.74, 6) is 0. The highest BCUT2D eigenvalue weighted by Crippen LogP contribution is 2.03. The van der Waals surface area contributed by atoms with E-state index in [1.54, 1.807) is 0 Å². The number of nitrogens with one attached hydrogen (secondary N) is 1. The molecule has 0 aliphatic heterocycles. The number of alkyl halides is 1. The Balaban J connectivity index is 0.000000223. The molecule has 0 bridgehead atoms. The van der Waals surface area contributed by atoms with Gasteiger partial charge < -0.3 is 0 Å². The average Bonchev–Trinajstić information content (AvgIpc) is 2.07. The number of hydrogen-bond acceptors (Lipinski definition) is 2. The lowest BCUT2D eigenvalue weighted by Gasteiger charge is -1.92. The van der Waals surface area contributed by atoms with E-state index < -0.39 is 14.3 Å². The predicted octanol–water partition coefficient (Wildman–Crippen LogP) is 1.12. The molecule has 0 spiro atoms. The molecule has 0 saturated carbocycles. The van der Waals surface area contributed by atoms with Crippen molar-refractivity contribution < 1.29 is 18.0 Å². The second-order valence-electron chi connectivity index (χ2n) is 2.14. The lowest BCUT2D eigenvalue weighted by molar-refractivity contribution is -0.377. The molecule has 0 fully saturated rings. The largest absolute Gasteiger partial charge is 0.285 e. The molecule has 1 heterocycles. The van der Waals surface area contributed by atoms with E-state index in [-0.39, 0.29) is 0 Å². The van der Waals surface area contributed by atoms with Gasteiger partial charge in [0, 0.05) is 12.1 Å². The smallest absolute Gasteiger partial charge is 0.277 e. The lowest BCUT2D eigenvalue weighted by atomic mass is 10.5. The minimum Gasteiger partial charge on any atom is -0.285 e. The molecule has 6 heteroatoms. The molecule has 1 rings (SSSR count). The molecule has 0 radical (unpaired) electrons. The number of aromatic amines is 1. The number of hydrogen-bond donors (Lipinski definition) is 1. The molecule has 0 aromatic carbocycles. The van der Waals surface area contributed by atoms with Crippen LogP contribution in [-0.2, 0) is 10.1 Å². The van der Waals surface area contributed by atoms with Crippen molar-refractivity contribution in [2.45, 2.75) is 11.1 Å². The molecule has 1 aromatic rings. The summed E-state index contributed by atoms with van der Waals surface area (Å²) >= 11 is 2.66. The highest BCUT2D eigenvalue weighted by atomic mass is 79.9. The molecular formula is C7H11BrNO3S+. The van der Waals surface area contributed by atoms with Gasteiger partial charge in [0.2, 0.25) is 0 Å². The van der Waals surface area contributed by atoms with Crippen LogP contribution < -0.4 is 4.98 Å². The van der Waals surface area contributed by atoms with Gasteiger partial charge in [0.1, 0.15) is 4.16 Å². The number of halogens is 1. The lowest BCUT2D eigenvalue weighted by Crippen LogP contribution is -2.07. The molecule has 1 unspecified atom stereocenters. The Labute approximate surface area is 85.9 Å². The molecule has 0 aliphatic rings. The first-order valence-corrected chi connectivity index (χ1v) is 5.88. The molecule has 4 nitrogen and oxygen atoms in total. The topological polar surface area (TPSA) is 68.5 Å². The van der Waals surface area contributed by atoms with Crippen LogP contribution in [-0.4, -0.2) is 17.1 Å². The Bertz CT molecular complexity index is 285. The minimum absolute atomic E-state index is 0.861. The molecule has 74 valence electrons. The van der Waals surface area contributed by atoms with Gasteiger partial charge in [0.05, 0.1) is 0 Å². The van der Waals surface area contributed by atoms with Gasteiger partial charge in [-0.1, -0.05) is 22.0 Å². The van der Waals surface area contributed by atoms with Crippen molar-refractivity contribution in [3.8, 4) is 0 Å². The maximum absolute atomic E-state index is 9.84. The Kier molecular flexibility index (Phi) is 5.85. The Hall–Kier alpha value is -0.460. The molecule has 1 atom stereocenters. The van der Waals surface area contributed by atoms with E-state index in [4.69, 9.17) is 4.55 Å². The van der Waals surface area contributed by atoms with Gasteiger partial charge in [-0.2, -0.15) is 8.42 Å². The SMILES string of the molecule is CC(Br)S(=O)(=O)O.c1cc[nH+]cc1. The summed E-state index contributed by atoms with van der Waals surface area (Å²) < 4.78 is 26.8. The quantitative estimate of drug-likeness (QED) is 0.613. The molecule has 1 aromatic heterocycles. The summed E-state index contributed by atoms with van der Waals surface area (Å²) in [6.45, 7) is 1.33. The van der Waals surface area contributed by atoms with Gasteiger partial charge in [0.15, 0.2) is 12.4 Å². The fraction of sp³-hybridized carbons (Fsp3) is 0.286. The molecule has 0 amide bonds. The van der Waals surface area contributed by atoms with Crippen LogP contribution in [0.1, 0.15) is 6.92 Å². The molecular weight excluding hydrogens is 258 g/mol. The average molecular weight is 269 g/mol. The molecule has 0 saturated heterocycles. The van der Waals surface area contributed by atoms with Crippen molar-refractivity contribution in [2.75, 3.05) is 0 Å². The van der Waals surface area contributed by atoms with E-state index in [1.807, 2.05) is 30.6 Å². The standard InChI is InChI=1S/C5H5N.C2H5BrO3S/c1-2-4-6-5-3-1;1-2(3)7(4,5)6/h1-5H;2H,1H3,(H,4,5,6)/p+1. The van der Waals surface area contributed by atoms with Gasteiger partial charge in [0.25, 0.3) is 10.1 Å². The molecule has 2 N–H and O–H groups in total. The van der Waals surface area contributed by atoms with Gasteiger partial charge >= 0.3 is 0 Å². The summed E-state index contributed by atoms with van der Waals surface area (Å²) in [5.41, 5.74) is 0. The monoisotopic (exact) mass is 268 g/mol. The fourth-order valence-corrected chi connectivity index (χ4v) is 0.342. The van der Waals surface area contributed by atoms with Gasteiger partial charge in [-0.05, 0) is 6.92 Å². The first kappa shape index (κ1) is 12.5. The zero-order valence-electron chi connectivity index (χ0n) is 7.01. The van der Waals surface area contributed by atoms with Gasteiger partial charge in [-0.25, -0.2) is 4.98 Å². The van der Waals surface area contributed by atoms with Crippen LogP contribution >= 0.6 is 15.9 Å². The van der Waals surface area contributed by atoms with Crippen molar-refractivity contribution >= 4 is 26.0 Å². The maximum atomic E-state index is 9.84. The van der Waals surface area contributed by atoms with Crippen molar-refractivity contribution in [3.63, 3.8) is 0 Å². The van der Waals surface area contributed by atoms with E-state index in [1.165, 1.54) is 6.92 Å². The van der Waals surface area contributed by atoms with Crippen molar-refractivity contribution in [2.24, 2.45) is 0 Å². The summed E-state index contributed by atoms with van der Waals surface area (Å²) in [4.78, 5) is 2.89. The minimum atomic E-state index is -3.82. The van der Waals surface area contributed by atoms with Crippen molar-refractivity contribution in [3.05, 3.63) is 30.6 Å². The number of aromatic nitrogens is 1. The number of pyridine rings is 1. The van der Waals surface area contributed by atoms with Crippen LogP contribution in [0.4, 0.5) is 0 Å². The van der Waals surface area contributed by atoms with Crippen LogP contribution in [0.5, 0.6) is 0 Å². The summed E-state index contributed by atoms with van der Waals surface area (Å²) in [6.07, 6.45) is 3.75. The van der Waals surface area contributed by atoms with E-state index in [9.17, 15) is 8.42 Å². The third-order valence-corrected chi connectivity index (χ3v) is 3.26. The number of rotatable bonds is 1. The predicted molar refractivity (Wildman–Crippen MR) is 52.9 cm³/mol. The summed E-state index contributed by atoms with van der Waals surface area (Å²) in [5, 5.41) is 0. The highest BCUT2D eigenvalue weighted by molar-refractivity contribution is 9.11. The third kappa shape index (κ3) is 7.89. The van der Waals surface area contributed by atoms with E-state index in [0.29, 0.717) is 0 Å². The summed E-state index contributed by atoms with van der Waals surface area (Å²) in [7, 11) is -3.82. The second kappa shape index (κ2) is 6.06. The van der Waals surface area contributed by atoms with Crippen LogP contribution in [0.3, 0.4) is 0 Å². The van der Waals surface area contributed by atoms with Crippen molar-refractivity contribution in [1.29, 1.82) is 0 Å². The fourth-order valence-electron chi connectivity index (χ4n) is 0.342. The van der Waals surface area contributed by atoms with E-state index in [0.717, 1.165) is 0 Å². The third-order valence-electron chi connectivity index (χ3n) is 1.02. The van der Waals surface area contributed by atoms with Crippen LogP contribution in [0.15, 0.2) is 30.6 Å². The zero-order chi connectivity index (χ0) is 10.3. The number of H-pyrrole nitrogens is 1. The van der Waals surface area contributed by atoms with Gasteiger partial charge in [-0.3, -0.25) is 4.55 Å². The zero-order valence-corrected chi connectivity index (χ0v) is 9.42. The van der Waals surface area contributed by atoms with Crippen molar-refractivity contribution in [1.82, 2.24) is 0 Å². The highest BCUT2D eigenvalue weighted by Gasteiger charge is 2.10.